The van der Waals surface area contributed by atoms with Crippen molar-refractivity contribution in [3.63, 3.8) is 0 Å². The summed E-state index contributed by atoms with van der Waals surface area (Å²) in [5, 5.41) is 2.86. The van der Waals surface area contributed by atoms with E-state index in [-0.39, 0.29) is 6.03 Å². The number of imidazole rings is 1. The van der Waals surface area contributed by atoms with Crippen LogP contribution in [0.4, 0.5) is 4.79 Å². The lowest BCUT2D eigenvalue weighted by molar-refractivity contribution is 0.249. The number of hydrogen-bond acceptors (Lipinski definition) is 2. The Bertz CT molecular complexity index is 559. The van der Waals surface area contributed by atoms with Gasteiger partial charge < -0.3 is 5.32 Å². The maximum Gasteiger partial charge on any atom is 0.333 e. The van der Waals surface area contributed by atoms with Crippen LogP contribution in [-0.4, -0.2) is 22.2 Å². The fourth-order valence-corrected chi connectivity index (χ4v) is 1.99. The lowest BCUT2D eigenvalue weighted by Gasteiger charge is -2.08. The molecular formula is C13H16N4O. The molecule has 5 nitrogen and oxygen atoms in total. The van der Waals surface area contributed by atoms with Gasteiger partial charge in [0, 0.05) is 6.54 Å². The van der Waals surface area contributed by atoms with Crippen LogP contribution in [0.25, 0.3) is 11.0 Å². The Morgan fingerprint density at radius 2 is 2.22 bits per heavy atom. The van der Waals surface area contributed by atoms with Crippen LogP contribution in [0.15, 0.2) is 30.6 Å². The number of nitrogens with one attached hydrogen (secondary N) is 2. The normalized spacial score (nSPS) is 14.7. The van der Waals surface area contributed by atoms with Crippen molar-refractivity contribution in [2.24, 2.45) is 5.92 Å². The molecule has 5 heteroatoms. The molecule has 1 aliphatic rings. The van der Waals surface area contributed by atoms with E-state index in [4.69, 9.17) is 0 Å². The highest BCUT2D eigenvalue weighted by Crippen LogP contribution is 2.31. The minimum atomic E-state index is -0.182. The van der Waals surface area contributed by atoms with Crippen LogP contribution < -0.4 is 10.7 Å². The number of nitrogens with zero attached hydrogens (tertiary/aromatic N) is 2. The van der Waals surface area contributed by atoms with E-state index in [1.165, 1.54) is 12.8 Å². The van der Waals surface area contributed by atoms with E-state index in [1.807, 2.05) is 24.3 Å². The summed E-state index contributed by atoms with van der Waals surface area (Å²) in [7, 11) is 0. The van der Waals surface area contributed by atoms with Crippen molar-refractivity contribution in [2.75, 3.05) is 12.0 Å². The van der Waals surface area contributed by atoms with Crippen LogP contribution in [0.5, 0.6) is 0 Å². The summed E-state index contributed by atoms with van der Waals surface area (Å²) in [6.45, 7) is 0.739. The molecule has 1 aromatic carbocycles. The number of urea groups is 1. The summed E-state index contributed by atoms with van der Waals surface area (Å²) in [5.41, 5.74) is 4.53. The molecule has 0 aliphatic heterocycles. The van der Waals surface area contributed by atoms with Gasteiger partial charge in [-0.2, -0.15) is 0 Å². The maximum atomic E-state index is 11.7. The molecule has 0 unspecified atom stereocenters. The fourth-order valence-electron chi connectivity index (χ4n) is 1.99. The van der Waals surface area contributed by atoms with Crippen LogP contribution >= 0.6 is 0 Å². The predicted octanol–water partition coefficient (Wildman–Crippen LogP) is 2.09. The minimum absolute atomic E-state index is 0.182. The van der Waals surface area contributed by atoms with Crippen molar-refractivity contribution < 1.29 is 4.79 Å². The Hall–Kier alpha value is -2.04. The SMILES string of the molecule is O=C(NCCC1CC1)Nn1cnc2ccccc21. The van der Waals surface area contributed by atoms with E-state index in [9.17, 15) is 4.79 Å². The highest BCUT2D eigenvalue weighted by atomic mass is 16.2. The van der Waals surface area contributed by atoms with Gasteiger partial charge in [-0.05, 0) is 24.5 Å². The van der Waals surface area contributed by atoms with Crippen molar-refractivity contribution in [1.29, 1.82) is 0 Å². The van der Waals surface area contributed by atoms with Crippen LogP contribution in [0.3, 0.4) is 0 Å². The Kier molecular flexibility index (Phi) is 2.88. The van der Waals surface area contributed by atoms with Crippen LogP contribution in [0, 0.1) is 5.92 Å². The number of aromatic nitrogens is 2. The van der Waals surface area contributed by atoms with Crippen LogP contribution in [0.1, 0.15) is 19.3 Å². The first kappa shape index (κ1) is 11.1. The van der Waals surface area contributed by atoms with E-state index >= 15 is 0 Å². The fraction of sp³-hybridized carbons (Fsp3) is 0.385. The molecule has 2 aromatic rings. The van der Waals surface area contributed by atoms with E-state index in [0.29, 0.717) is 0 Å². The number of rotatable bonds is 4. The molecule has 2 N–H and O–H groups in total. The van der Waals surface area contributed by atoms with Crippen molar-refractivity contribution in [3.05, 3.63) is 30.6 Å². The molecule has 3 rings (SSSR count). The lowest BCUT2D eigenvalue weighted by atomic mass is 10.3. The van der Waals surface area contributed by atoms with Crippen molar-refractivity contribution in [3.8, 4) is 0 Å². The second kappa shape index (κ2) is 4.68. The van der Waals surface area contributed by atoms with Gasteiger partial charge >= 0.3 is 6.03 Å². The first-order chi connectivity index (χ1) is 8.83. The Morgan fingerprint density at radius 1 is 1.39 bits per heavy atom. The van der Waals surface area contributed by atoms with E-state index in [0.717, 1.165) is 29.9 Å². The molecule has 18 heavy (non-hydrogen) atoms. The first-order valence-electron chi connectivity index (χ1n) is 6.30. The number of benzene rings is 1. The van der Waals surface area contributed by atoms with Crippen LogP contribution in [0.2, 0.25) is 0 Å². The molecule has 0 bridgehead atoms. The second-order valence-electron chi connectivity index (χ2n) is 4.70. The summed E-state index contributed by atoms with van der Waals surface area (Å²) in [6, 6.07) is 7.51. The maximum absolute atomic E-state index is 11.7. The van der Waals surface area contributed by atoms with Crippen molar-refractivity contribution in [2.45, 2.75) is 19.3 Å². The molecule has 0 spiro atoms. The molecule has 2 amide bonds. The summed E-state index contributed by atoms with van der Waals surface area (Å²) in [4.78, 5) is 15.9. The largest absolute Gasteiger partial charge is 0.337 e. The Morgan fingerprint density at radius 3 is 3.06 bits per heavy atom. The Labute approximate surface area is 105 Å². The minimum Gasteiger partial charge on any atom is -0.337 e. The average Bonchev–Trinajstić information content (AvgIpc) is 3.11. The molecule has 0 radical (unpaired) electrons. The zero-order chi connectivity index (χ0) is 12.4. The smallest absolute Gasteiger partial charge is 0.333 e. The molecule has 1 aliphatic carbocycles. The quantitative estimate of drug-likeness (QED) is 0.865. The summed E-state index contributed by atoms with van der Waals surface area (Å²) < 4.78 is 1.64. The van der Waals surface area contributed by atoms with Gasteiger partial charge in [-0.1, -0.05) is 25.0 Å². The molecule has 1 fully saturated rings. The lowest BCUT2D eigenvalue weighted by Crippen LogP contribution is -2.34. The molecular weight excluding hydrogens is 228 g/mol. The van der Waals surface area contributed by atoms with E-state index < -0.39 is 0 Å². The summed E-state index contributed by atoms with van der Waals surface area (Å²) >= 11 is 0. The second-order valence-corrected chi connectivity index (χ2v) is 4.70. The van der Waals surface area contributed by atoms with Gasteiger partial charge in [0.1, 0.15) is 6.33 Å². The molecule has 94 valence electrons. The standard InChI is InChI=1S/C13H16N4O/c18-13(14-8-7-10-5-6-10)16-17-9-15-11-3-1-2-4-12(11)17/h1-4,9-10H,5-8H2,(H2,14,16,18). The summed E-state index contributed by atoms with van der Waals surface area (Å²) in [6.07, 6.45) is 5.33. The molecule has 0 atom stereocenters. The van der Waals surface area contributed by atoms with Crippen molar-refractivity contribution in [1.82, 2.24) is 15.0 Å². The predicted molar refractivity (Wildman–Crippen MR) is 69.8 cm³/mol. The third-order valence-corrected chi connectivity index (χ3v) is 3.21. The topological polar surface area (TPSA) is 59.0 Å². The third kappa shape index (κ3) is 2.45. The number of carbonyl (C=O) groups is 1. The number of carbonyl (C=O) groups excluding carboxylic acids is 1. The molecule has 1 aromatic heterocycles. The number of hydrogen-bond donors (Lipinski definition) is 2. The zero-order valence-electron chi connectivity index (χ0n) is 10.1. The Balaban J connectivity index is 1.59. The van der Waals surface area contributed by atoms with E-state index in [2.05, 4.69) is 15.7 Å². The van der Waals surface area contributed by atoms with Crippen LogP contribution in [-0.2, 0) is 0 Å². The number of para-hydroxylation sites is 2. The summed E-state index contributed by atoms with van der Waals surface area (Å²) in [5.74, 6) is 0.833. The van der Waals surface area contributed by atoms with E-state index in [1.54, 1.807) is 11.0 Å². The van der Waals surface area contributed by atoms with Gasteiger partial charge in [0.05, 0.1) is 11.0 Å². The first-order valence-corrected chi connectivity index (χ1v) is 6.30. The number of fused-ring (bicyclic) bond motifs is 1. The van der Waals surface area contributed by atoms with Gasteiger partial charge in [0.2, 0.25) is 0 Å². The third-order valence-electron chi connectivity index (χ3n) is 3.21. The van der Waals surface area contributed by atoms with Gasteiger partial charge in [-0.3, -0.25) is 0 Å². The van der Waals surface area contributed by atoms with Gasteiger partial charge in [0.15, 0.2) is 0 Å². The highest BCUT2D eigenvalue weighted by molar-refractivity contribution is 5.84. The molecule has 1 heterocycles. The number of amides is 2. The average molecular weight is 244 g/mol. The molecule has 1 saturated carbocycles. The van der Waals surface area contributed by atoms with Gasteiger partial charge in [-0.25, -0.2) is 19.9 Å². The monoisotopic (exact) mass is 244 g/mol. The highest BCUT2D eigenvalue weighted by Gasteiger charge is 2.20. The zero-order valence-corrected chi connectivity index (χ0v) is 10.1. The van der Waals surface area contributed by atoms with Crippen molar-refractivity contribution >= 4 is 17.1 Å². The molecule has 0 saturated heterocycles. The van der Waals surface area contributed by atoms with Gasteiger partial charge in [0.25, 0.3) is 0 Å². The van der Waals surface area contributed by atoms with Gasteiger partial charge in [-0.15, -0.1) is 0 Å².